The molecule has 64 valence electrons. The zero-order valence-corrected chi connectivity index (χ0v) is 7.71. The SMILES string of the molecule is C=C[C@H](OC)c1ccc(Cl)cc1. The molecule has 1 atom stereocenters. The van der Waals surface area contributed by atoms with Crippen LogP contribution < -0.4 is 0 Å². The highest BCUT2D eigenvalue weighted by Gasteiger charge is 2.03. The van der Waals surface area contributed by atoms with Gasteiger partial charge >= 0.3 is 0 Å². The lowest BCUT2D eigenvalue weighted by molar-refractivity contribution is 0.143. The first-order valence-corrected chi connectivity index (χ1v) is 4.06. The molecule has 0 aliphatic rings. The number of methoxy groups -OCH3 is 1. The van der Waals surface area contributed by atoms with Crippen LogP contribution in [0.3, 0.4) is 0 Å². The van der Waals surface area contributed by atoms with Crippen molar-refractivity contribution in [3.05, 3.63) is 47.5 Å². The van der Waals surface area contributed by atoms with Gasteiger partial charge in [-0.3, -0.25) is 0 Å². The van der Waals surface area contributed by atoms with Gasteiger partial charge in [0.05, 0.1) is 6.10 Å². The molecule has 0 radical (unpaired) electrons. The summed E-state index contributed by atoms with van der Waals surface area (Å²) in [5.74, 6) is 0. The van der Waals surface area contributed by atoms with Crippen molar-refractivity contribution >= 4 is 11.6 Å². The fourth-order valence-electron chi connectivity index (χ4n) is 1.02. The molecular weight excluding hydrogens is 172 g/mol. The Morgan fingerprint density at radius 1 is 1.42 bits per heavy atom. The average molecular weight is 183 g/mol. The van der Waals surface area contributed by atoms with Gasteiger partial charge in [-0.05, 0) is 17.7 Å². The van der Waals surface area contributed by atoms with E-state index in [2.05, 4.69) is 6.58 Å². The van der Waals surface area contributed by atoms with Gasteiger partial charge in [0.25, 0.3) is 0 Å². The van der Waals surface area contributed by atoms with Gasteiger partial charge in [-0.2, -0.15) is 0 Å². The summed E-state index contributed by atoms with van der Waals surface area (Å²) in [6.45, 7) is 3.67. The molecule has 0 heterocycles. The highest BCUT2D eigenvalue weighted by molar-refractivity contribution is 6.30. The molecule has 0 bridgehead atoms. The van der Waals surface area contributed by atoms with Gasteiger partial charge in [-0.15, -0.1) is 6.58 Å². The van der Waals surface area contributed by atoms with Gasteiger partial charge in [0.1, 0.15) is 0 Å². The standard InChI is InChI=1S/C10H11ClO/c1-3-10(12-2)8-4-6-9(11)7-5-8/h3-7,10H,1H2,2H3/t10-/m0/s1. The van der Waals surface area contributed by atoms with Crippen molar-refractivity contribution in [2.45, 2.75) is 6.10 Å². The molecule has 1 aromatic carbocycles. The minimum Gasteiger partial charge on any atom is -0.373 e. The molecule has 2 heteroatoms. The summed E-state index contributed by atoms with van der Waals surface area (Å²) in [5.41, 5.74) is 1.07. The smallest absolute Gasteiger partial charge is 0.1000 e. The summed E-state index contributed by atoms with van der Waals surface area (Å²) < 4.78 is 5.16. The second-order valence-electron chi connectivity index (χ2n) is 2.44. The van der Waals surface area contributed by atoms with E-state index < -0.39 is 0 Å². The molecular formula is C10H11ClO. The number of benzene rings is 1. The molecule has 1 rings (SSSR count). The van der Waals surface area contributed by atoms with Gasteiger partial charge in [-0.25, -0.2) is 0 Å². The molecule has 0 fully saturated rings. The van der Waals surface area contributed by atoms with Gasteiger partial charge in [-0.1, -0.05) is 29.8 Å². The van der Waals surface area contributed by atoms with Crippen molar-refractivity contribution < 1.29 is 4.74 Å². The Hall–Kier alpha value is -0.790. The van der Waals surface area contributed by atoms with E-state index in [9.17, 15) is 0 Å². The van der Waals surface area contributed by atoms with Crippen molar-refractivity contribution in [2.24, 2.45) is 0 Å². The first-order valence-electron chi connectivity index (χ1n) is 3.68. The summed E-state index contributed by atoms with van der Waals surface area (Å²) in [4.78, 5) is 0. The Balaban J connectivity index is 2.87. The van der Waals surface area contributed by atoms with E-state index in [1.807, 2.05) is 24.3 Å². The van der Waals surface area contributed by atoms with Crippen LogP contribution in [0, 0.1) is 0 Å². The van der Waals surface area contributed by atoms with Crippen LogP contribution in [-0.4, -0.2) is 7.11 Å². The lowest BCUT2D eigenvalue weighted by Crippen LogP contribution is -1.96. The maximum absolute atomic E-state index is 5.74. The van der Waals surface area contributed by atoms with Crippen LogP contribution in [0.2, 0.25) is 5.02 Å². The van der Waals surface area contributed by atoms with Crippen LogP contribution in [0.15, 0.2) is 36.9 Å². The van der Waals surface area contributed by atoms with E-state index in [0.717, 1.165) is 10.6 Å². The number of rotatable bonds is 3. The van der Waals surface area contributed by atoms with Crippen molar-refractivity contribution in [1.82, 2.24) is 0 Å². The van der Waals surface area contributed by atoms with E-state index in [-0.39, 0.29) is 6.10 Å². The normalized spacial score (nSPS) is 12.5. The first-order chi connectivity index (χ1) is 5.77. The maximum Gasteiger partial charge on any atom is 0.1000 e. The van der Waals surface area contributed by atoms with E-state index in [1.165, 1.54) is 0 Å². The average Bonchev–Trinajstić information content (AvgIpc) is 2.10. The van der Waals surface area contributed by atoms with Crippen LogP contribution >= 0.6 is 11.6 Å². The second-order valence-corrected chi connectivity index (χ2v) is 2.88. The Kier molecular flexibility index (Phi) is 3.32. The molecule has 1 nitrogen and oxygen atoms in total. The fourth-order valence-corrected chi connectivity index (χ4v) is 1.15. The topological polar surface area (TPSA) is 9.23 Å². The van der Waals surface area contributed by atoms with E-state index in [4.69, 9.17) is 16.3 Å². The van der Waals surface area contributed by atoms with Crippen LogP contribution in [0.1, 0.15) is 11.7 Å². The Bertz CT molecular complexity index is 253. The van der Waals surface area contributed by atoms with Gasteiger partial charge in [0.15, 0.2) is 0 Å². The molecule has 0 aromatic heterocycles. The van der Waals surface area contributed by atoms with Crippen LogP contribution in [0.4, 0.5) is 0 Å². The maximum atomic E-state index is 5.74. The van der Waals surface area contributed by atoms with E-state index >= 15 is 0 Å². The summed E-state index contributed by atoms with van der Waals surface area (Å²) in [5, 5.41) is 0.734. The summed E-state index contributed by atoms with van der Waals surface area (Å²) in [6.07, 6.45) is 1.71. The molecule has 0 saturated heterocycles. The molecule has 0 unspecified atom stereocenters. The predicted molar refractivity (Wildman–Crippen MR) is 51.4 cm³/mol. The third-order valence-electron chi connectivity index (χ3n) is 1.67. The highest BCUT2D eigenvalue weighted by atomic mass is 35.5. The van der Waals surface area contributed by atoms with Gasteiger partial charge in [0.2, 0.25) is 0 Å². The number of halogens is 1. The van der Waals surface area contributed by atoms with E-state index in [0.29, 0.717) is 0 Å². The van der Waals surface area contributed by atoms with Crippen LogP contribution in [0.5, 0.6) is 0 Å². The third-order valence-corrected chi connectivity index (χ3v) is 1.92. The zero-order valence-electron chi connectivity index (χ0n) is 6.96. The number of hydrogen-bond donors (Lipinski definition) is 0. The predicted octanol–water partition coefficient (Wildman–Crippen LogP) is 3.21. The second kappa shape index (κ2) is 4.29. The Morgan fingerprint density at radius 3 is 2.42 bits per heavy atom. The number of hydrogen-bond acceptors (Lipinski definition) is 1. The minimum absolute atomic E-state index is 0.0396. The van der Waals surface area contributed by atoms with Crippen molar-refractivity contribution in [2.75, 3.05) is 7.11 Å². The summed E-state index contributed by atoms with van der Waals surface area (Å²) in [6, 6.07) is 7.54. The highest BCUT2D eigenvalue weighted by Crippen LogP contribution is 2.19. The molecule has 1 aromatic rings. The molecule has 0 spiro atoms. The molecule has 12 heavy (non-hydrogen) atoms. The molecule has 0 saturated carbocycles. The Morgan fingerprint density at radius 2 is 2.00 bits per heavy atom. The largest absolute Gasteiger partial charge is 0.373 e. The van der Waals surface area contributed by atoms with Crippen molar-refractivity contribution in [1.29, 1.82) is 0 Å². The summed E-state index contributed by atoms with van der Waals surface area (Å²) >= 11 is 5.74. The fraction of sp³-hybridized carbons (Fsp3) is 0.200. The van der Waals surface area contributed by atoms with Crippen LogP contribution in [-0.2, 0) is 4.74 Å². The molecule has 0 N–H and O–H groups in total. The lowest BCUT2D eigenvalue weighted by atomic mass is 10.1. The zero-order chi connectivity index (χ0) is 8.97. The third kappa shape index (κ3) is 2.10. The van der Waals surface area contributed by atoms with E-state index in [1.54, 1.807) is 13.2 Å². The first kappa shape index (κ1) is 9.30. The Labute approximate surface area is 77.6 Å². The van der Waals surface area contributed by atoms with Crippen molar-refractivity contribution in [3.63, 3.8) is 0 Å². The molecule has 0 aliphatic carbocycles. The molecule has 0 amide bonds. The lowest BCUT2D eigenvalue weighted by Gasteiger charge is -2.09. The van der Waals surface area contributed by atoms with Gasteiger partial charge < -0.3 is 4.74 Å². The minimum atomic E-state index is -0.0396. The van der Waals surface area contributed by atoms with Crippen LogP contribution in [0.25, 0.3) is 0 Å². The number of ether oxygens (including phenoxy) is 1. The quantitative estimate of drug-likeness (QED) is 0.653. The summed E-state index contributed by atoms with van der Waals surface area (Å²) in [7, 11) is 1.65. The monoisotopic (exact) mass is 182 g/mol. The van der Waals surface area contributed by atoms with Crippen molar-refractivity contribution in [3.8, 4) is 0 Å². The van der Waals surface area contributed by atoms with Gasteiger partial charge in [0, 0.05) is 12.1 Å². The molecule has 0 aliphatic heterocycles.